The van der Waals surface area contributed by atoms with Crippen LogP contribution in [-0.2, 0) is 0 Å². The van der Waals surface area contributed by atoms with E-state index in [1.807, 2.05) is 19.1 Å². The minimum absolute atomic E-state index is 0.0264. The van der Waals surface area contributed by atoms with Gasteiger partial charge in [-0.05, 0) is 43.3 Å². The summed E-state index contributed by atoms with van der Waals surface area (Å²) in [5.41, 5.74) is 1.58. The molecule has 0 saturated heterocycles. The second kappa shape index (κ2) is 9.59. The fourth-order valence-electron chi connectivity index (χ4n) is 4.34. The van der Waals surface area contributed by atoms with Crippen molar-refractivity contribution in [1.29, 1.82) is 5.26 Å². The Hall–Kier alpha value is -4.97. The van der Waals surface area contributed by atoms with Crippen molar-refractivity contribution in [2.24, 2.45) is 4.99 Å². The number of nitrogens with zero attached hydrogens (tertiary/aromatic N) is 2. The summed E-state index contributed by atoms with van der Waals surface area (Å²) in [5, 5.41) is 10.7. The Labute approximate surface area is 211 Å². The van der Waals surface area contributed by atoms with E-state index in [2.05, 4.69) is 11.1 Å². The van der Waals surface area contributed by atoms with Crippen LogP contribution in [0.4, 0.5) is 0 Å². The third-order valence-electron chi connectivity index (χ3n) is 6.02. The molecule has 1 unspecified atom stereocenters. The fourth-order valence-corrected chi connectivity index (χ4v) is 4.34. The van der Waals surface area contributed by atoms with Crippen molar-refractivity contribution in [3.8, 4) is 29.1 Å². The van der Waals surface area contributed by atoms with Crippen LogP contribution in [-0.4, -0.2) is 27.5 Å². The highest BCUT2D eigenvalue weighted by atomic mass is 16.5. The lowest BCUT2D eigenvalue weighted by Gasteiger charge is -2.24. The molecule has 37 heavy (non-hydrogen) atoms. The molecule has 3 heterocycles. The van der Waals surface area contributed by atoms with Crippen LogP contribution < -0.4 is 24.6 Å². The van der Waals surface area contributed by atoms with Gasteiger partial charge in [-0.2, -0.15) is 5.26 Å². The lowest BCUT2D eigenvalue weighted by Crippen LogP contribution is -2.23. The molecular formula is C28H22N2O7. The lowest BCUT2D eigenvalue weighted by atomic mass is 9.87. The van der Waals surface area contributed by atoms with Crippen molar-refractivity contribution in [1.82, 2.24) is 0 Å². The number of ether oxygens (including phenoxy) is 4. The molecule has 1 aliphatic rings. The van der Waals surface area contributed by atoms with Crippen molar-refractivity contribution in [2.45, 2.75) is 12.8 Å². The summed E-state index contributed by atoms with van der Waals surface area (Å²) in [6.07, 6.45) is 2.99. The highest BCUT2D eigenvalue weighted by Crippen LogP contribution is 2.45. The van der Waals surface area contributed by atoms with E-state index in [1.165, 1.54) is 33.8 Å². The van der Waals surface area contributed by atoms with Crippen LogP contribution in [0.25, 0.3) is 11.0 Å². The first-order valence-corrected chi connectivity index (χ1v) is 11.3. The minimum Gasteiger partial charge on any atom is -0.493 e. The largest absolute Gasteiger partial charge is 0.493 e. The van der Waals surface area contributed by atoms with Crippen LogP contribution in [0.3, 0.4) is 0 Å². The number of allylic oxidation sites excluding steroid dienone is 1. The average Bonchev–Trinajstić information content (AvgIpc) is 3.45. The SMILES string of the molecule is COc1cc(/C=N/C2=C(C#N)C(c3ccco3)c3c(c4cc(C)ccc4oc3=O)O2)cc(OC)c1OC. The van der Waals surface area contributed by atoms with Crippen molar-refractivity contribution >= 4 is 17.2 Å². The Morgan fingerprint density at radius 1 is 1.05 bits per heavy atom. The van der Waals surface area contributed by atoms with E-state index in [0.29, 0.717) is 39.5 Å². The Kier molecular flexibility index (Phi) is 6.15. The van der Waals surface area contributed by atoms with Crippen molar-refractivity contribution < 1.29 is 27.8 Å². The molecule has 2 aromatic heterocycles. The van der Waals surface area contributed by atoms with Crippen LogP contribution >= 0.6 is 0 Å². The molecule has 0 bridgehead atoms. The molecule has 5 rings (SSSR count). The van der Waals surface area contributed by atoms with Crippen LogP contribution in [0, 0.1) is 18.3 Å². The molecule has 0 fully saturated rings. The summed E-state index contributed by atoms with van der Waals surface area (Å²) in [6.45, 7) is 1.92. The first-order valence-electron chi connectivity index (χ1n) is 11.3. The topological polar surface area (TPSA) is 116 Å². The molecule has 9 nitrogen and oxygen atoms in total. The first-order chi connectivity index (χ1) is 18.0. The van der Waals surface area contributed by atoms with Gasteiger partial charge < -0.3 is 27.8 Å². The van der Waals surface area contributed by atoms with E-state index in [1.54, 1.807) is 30.3 Å². The van der Waals surface area contributed by atoms with Gasteiger partial charge in [0, 0.05) is 11.8 Å². The summed E-state index contributed by atoms with van der Waals surface area (Å²) < 4.78 is 33.6. The number of benzene rings is 2. The molecule has 1 aliphatic heterocycles. The average molecular weight is 498 g/mol. The van der Waals surface area contributed by atoms with Gasteiger partial charge in [0.25, 0.3) is 0 Å². The highest BCUT2D eigenvalue weighted by molar-refractivity contribution is 5.87. The highest BCUT2D eigenvalue weighted by Gasteiger charge is 2.38. The van der Waals surface area contributed by atoms with Gasteiger partial charge in [0.2, 0.25) is 11.6 Å². The summed E-state index contributed by atoms with van der Waals surface area (Å²) in [4.78, 5) is 17.6. The number of nitriles is 1. The number of hydrogen-bond donors (Lipinski definition) is 0. The number of aryl methyl sites for hydroxylation is 1. The van der Waals surface area contributed by atoms with Gasteiger partial charge in [-0.3, -0.25) is 0 Å². The molecule has 0 spiro atoms. The lowest BCUT2D eigenvalue weighted by molar-refractivity contribution is 0.324. The van der Waals surface area contributed by atoms with Gasteiger partial charge in [0.15, 0.2) is 17.2 Å². The van der Waals surface area contributed by atoms with Crippen molar-refractivity contribution in [3.05, 3.63) is 93.1 Å². The fraction of sp³-hybridized carbons (Fsp3) is 0.179. The normalized spacial score (nSPS) is 14.8. The van der Waals surface area contributed by atoms with Gasteiger partial charge in [0.1, 0.15) is 23.0 Å². The van der Waals surface area contributed by atoms with E-state index in [0.717, 1.165) is 5.56 Å². The molecule has 4 aromatic rings. The van der Waals surface area contributed by atoms with Crippen LogP contribution in [0.2, 0.25) is 0 Å². The molecule has 0 amide bonds. The molecule has 0 aliphatic carbocycles. The molecule has 2 aromatic carbocycles. The standard InChI is InChI=1S/C28H22N2O7/c1-15-7-8-19-17(10-15)25-24(28(31)36-19)23(20-6-5-9-35-20)18(13-29)27(37-25)30-14-16-11-21(32-2)26(34-4)22(12-16)33-3/h5-12,14,23H,1-4H3/b30-14+. The van der Waals surface area contributed by atoms with Crippen LogP contribution in [0.5, 0.6) is 23.0 Å². The van der Waals surface area contributed by atoms with Gasteiger partial charge in [0.05, 0.1) is 44.5 Å². The summed E-state index contributed by atoms with van der Waals surface area (Å²) in [5.74, 6) is 1.15. The zero-order valence-electron chi connectivity index (χ0n) is 20.5. The zero-order valence-corrected chi connectivity index (χ0v) is 20.5. The number of aliphatic imine (C=N–C) groups is 1. The molecule has 186 valence electrons. The Balaban J connectivity index is 1.71. The third kappa shape index (κ3) is 4.08. The maximum Gasteiger partial charge on any atom is 0.344 e. The summed E-state index contributed by atoms with van der Waals surface area (Å²) >= 11 is 0. The Morgan fingerprint density at radius 3 is 2.43 bits per heavy atom. The first kappa shape index (κ1) is 23.8. The minimum atomic E-state index is -0.864. The van der Waals surface area contributed by atoms with Gasteiger partial charge >= 0.3 is 5.63 Å². The molecular weight excluding hydrogens is 476 g/mol. The Bertz CT molecular complexity index is 1630. The van der Waals surface area contributed by atoms with E-state index in [9.17, 15) is 10.1 Å². The zero-order chi connectivity index (χ0) is 26.1. The van der Waals surface area contributed by atoms with Crippen molar-refractivity contribution in [2.75, 3.05) is 21.3 Å². The predicted molar refractivity (Wildman–Crippen MR) is 135 cm³/mol. The third-order valence-corrected chi connectivity index (χ3v) is 6.02. The number of hydrogen-bond acceptors (Lipinski definition) is 9. The van der Waals surface area contributed by atoms with E-state index < -0.39 is 11.5 Å². The predicted octanol–water partition coefficient (Wildman–Crippen LogP) is 5.10. The number of methoxy groups -OCH3 is 3. The second-order valence-corrected chi connectivity index (χ2v) is 8.23. The maximum absolute atomic E-state index is 13.1. The monoisotopic (exact) mass is 498 g/mol. The van der Waals surface area contributed by atoms with Gasteiger partial charge in [-0.25, -0.2) is 9.79 Å². The Morgan fingerprint density at radius 2 is 1.81 bits per heavy atom. The molecule has 0 saturated carbocycles. The van der Waals surface area contributed by atoms with E-state index >= 15 is 0 Å². The van der Waals surface area contributed by atoms with Gasteiger partial charge in [-0.1, -0.05) is 11.6 Å². The quantitative estimate of drug-likeness (QED) is 0.266. The number of furan rings is 1. The van der Waals surface area contributed by atoms with Crippen LogP contribution in [0.1, 0.15) is 28.4 Å². The van der Waals surface area contributed by atoms with Crippen LogP contribution in [0.15, 0.2) is 78.8 Å². The van der Waals surface area contributed by atoms with Gasteiger partial charge in [-0.15, -0.1) is 0 Å². The maximum atomic E-state index is 13.1. The molecule has 0 N–H and O–H groups in total. The molecule has 1 atom stereocenters. The summed E-state index contributed by atoms with van der Waals surface area (Å²) in [6, 6.07) is 14.4. The second-order valence-electron chi connectivity index (χ2n) is 8.23. The van der Waals surface area contributed by atoms with E-state index in [-0.39, 0.29) is 22.8 Å². The number of rotatable bonds is 6. The number of fused-ring (bicyclic) bond motifs is 3. The summed E-state index contributed by atoms with van der Waals surface area (Å²) in [7, 11) is 4.55. The van der Waals surface area contributed by atoms with Crippen molar-refractivity contribution in [3.63, 3.8) is 0 Å². The van der Waals surface area contributed by atoms with E-state index in [4.69, 9.17) is 27.8 Å². The smallest absolute Gasteiger partial charge is 0.344 e. The molecule has 0 radical (unpaired) electrons. The molecule has 9 heteroatoms.